The molecule has 1 aromatic heterocycles. The molecule has 0 fully saturated rings. The minimum atomic E-state index is -1.73. The lowest BCUT2D eigenvalue weighted by molar-refractivity contribution is -0.175. The second-order valence-electron chi connectivity index (χ2n) is 7.94. The summed E-state index contributed by atoms with van der Waals surface area (Å²) >= 11 is 1.53. The van der Waals surface area contributed by atoms with Crippen LogP contribution in [0.15, 0.2) is 6.07 Å². The van der Waals surface area contributed by atoms with Crippen LogP contribution < -0.4 is 5.73 Å². The molecule has 2 N–H and O–H groups in total. The Morgan fingerprint density at radius 3 is 2.46 bits per heavy atom. The van der Waals surface area contributed by atoms with Crippen LogP contribution in [-0.4, -0.2) is 32.6 Å². The fourth-order valence-electron chi connectivity index (χ4n) is 3.33. The zero-order valence-corrected chi connectivity index (χ0v) is 18.7. The van der Waals surface area contributed by atoms with Crippen LogP contribution in [0.3, 0.4) is 0 Å². The van der Waals surface area contributed by atoms with Crippen molar-refractivity contribution in [2.24, 2.45) is 0 Å². The Morgan fingerprint density at radius 1 is 1.31 bits per heavy atom. The first-order valence-corrected chi connectivity index (χ1v) is 12.9. The van der Waals surface area contributed by atoms with E-state index in [4.69, 9.17) is 19.6 Å². The van der Waals surface area contributed by atoms with Crippen molar-refractivity contribution in [2.75, 3.05) is 12.3 Å². The van der Waals surface area contributed by atoms with Crippen molar-refractivity contribution in [2.45, 2.75) is 83.9 Å². The van der Waals surface area contributed by atoms with Crippen LogP contribution >= 0.6 is 11.3 Å². The summed E-state index contributed by atoms with van der Waals surface area (Å²) in [5.74, 6) is -0.317. The van der Waals surface area contributed by atoms with E-state index in [1.165, 1.54) is 11.3 Å². The van der Waals surface area contributed by atoms with Gasteiger partial charge in [0.05, 0.1) is 11.6 Å². The number of ether oxygens (including phenoxy) is 2. The highest BCUT2D eigenvalue weighted by atomic mass is 32.1. The third-order valence-electron chi connectivity index (χ3n) is 5.03. The molecule has 7 heteroatoms. The Balaban J connectivity index is 2.17. The number of esters is 1. The molecule has 0 saturated heterocycles. The summed E-state index contributed by atoms with van der Waals surface area (Å²) in [5.41, 5.74) is 6.57. The van der Waals surface area contributed by atoms with Gasteiger partial charge in [0.1, 0.15) is 11.7 Å². The van der Waals surface area contributed by atoms with E-state index in [-0.39, 0.29) is 12.1 Å². The summed E-state index contributed by atoms with van der Waals surface area (Å²) in [6.07, 6.45) is -0.354. The number of rotatable bonds is 7. The lowest BCUT2D eigenvalue weighted by Gasteiger charge is -2.34. The Kier molecular flexibility index (Phi) is 6.93. The van der Waals surface area contributed by atoms with Gasteiger partial charge < -0.3 is 19.6 Å². The molecular formula is C19H33NO4SSi. The molecule has 2 rings (SSSR count). The zero-order chi connectivity index (χ0) is 19.5. The van der Waals surface area contributed by atoms with Crippen LogP contribution in [0.4, 0.5) is 5.00 Å². The number of hydrogen-bond acceptors (Lipinski definition) is 6. The maximum atomic E-state index is 12.5. The Bertz CT molecular complexity index is 613. The van der Waals surface area contributed by atoms with Crippen molar-refractivity contribution in [3.8, 4) is 0 Å². The van der Waals surface area contributed by atoms with E-state index in [2.05, 4.69) is 20.8 Å². The van der Waals surface area contributed by atoms with Gasteiger partial charge in [0.15, 0.2) is 14.4 Å². The summed E-state index contributed by atoms with van der Waals surface area (Å²) in [6, 6.07) is 5.21. The topological polar surface area (TPSA) is 70.8 Å². The smallest absolute Gasteiger partial charge is 0.336 e. The van der Waals surface area contributed by atoms with Crippen LogP contribution in [0.2, 0.25) is 18.1 Å². The molecule has 1 aliphatic rings. The van der Waals surface area contributed by atoms with E-state index in [0.717, 1.165) is 33.6 Å². The minimum Gasteiger partial charge on any atom is -0.458 e. The third-order valence-corrected chi connectivity index (χ3v) is 10.8. The van der Waals surface area contributed by atoms with Gasteiger partial charge in [-0.3, -0.25) is 0 Å². The van der Waals surface area contributed by atoms with Gasteiger partial charge in [0, 0.05) is 11.3 Å². The van der Waals surface area contributed by atoms with Gasteiger partial charge in [-0.1, -0.05) is 20.8 Å². The predicted octanol–water partition coefficient (Wildman–Crippen LogP) is 4.68. The molecular weight excluding hydrogens is 366 g/mol. The average Bonchev–Trinajstić information content (AvgIpc) is 2.95. The van der Waals surface area contributed by atoms with E-state index < -0.39 is 20.0 Å². The lowest BCUT2D eigenvalue weighted by Crippen LogP contribution is -2.41. The van der Waals surface area contributed by atoms with Crippen LogP contribution in [-0.2, 0) is 25.1 Å². The van der Waals surface area contributed by atoms with Gasteiger partial charge >= 0.3 is 5.97 Å². The molecule has 0 spiro atoms. The van der Waals surface area contributed by atoms with Crippen molar-refractivity contribution in [3.05, 3.63) is 16.5 Å². The molecule has 0 aliphatic carbocycles. The van der Waals surface area contributed by atoms with E-state index in [1.54, 1.807) is 0 Å². The second-order valence-corrected chi connectivity index (χ2v) is 13.8. The first kappa shape index (κ1) is 21.4. The predicted molar refractivity (Wildman–Crippen MR) is 109 cm³/mol. The molecule has 0 amide bonds. The lowest BCUT2D eigenvalue weighted by atomic mass is 10.0. The number of anilines is 1. The SMILES string of the molecule is CC[Si](CC)(CC)OCC1OC(C(=O)OC(C)(C)C)Cc2cc(N)sc21. The Hall–Kier alpha value is -0.893. The van der Waals surface area contributed by atoms with Crippen LogP contribution in [0.25, 0.3) is 0 Å². The molecule has 1 aromatic rings. The fourth-order valence-corrected chi connectivity index (χ4v) is 6.94. The highest BCUT2D eigenvalue weighted by molar-refractivity contribution is 7.16. The van der Waals surface area contributed by atoms with Crippen LogP contribution in [0.5, 0.6) is 0 Å². The van der Waals surface area contributed by atoms with Crippen molar-refractivity contribution in [3.63, 3.8) is 0 Å². The molecule has 2 atom stereocenters. The highest BCUT2D eigenvalue weighted by Gasteiger charge is 2.38. The summed E-state index contributed by atoms with van der Waals surface area (Å²) in [7, 11) is -1.73. The summed E-state index contributed by atoms with van der Waals surface area (Å²) in [4.78, 5) is 13.6. The van der Waals surface area contributed by atoms with Gasteiger partial charge in [0.25, 0.3) is 0 Å². The van der Waals surface area contributed by atoms with Gasteiger partial charge in [-0.25, -0.2) is 4.79 Å². The van der Waals surface area contributed by atoms with Gasteiger partial charge in [0.2, 0.25) is 0 Å². The molecule has 2 heterocycles. The van der Waals surface area contributed by atoms with Crippen molar-refractivity contribution in [1.29, 1.82) is 0 Å². The maximum absolute atomic E-state index is 12.5. The van der Waals surface area contributed by atoms with Crippen molar-refractivity contribution in [1.82, 2.24) is 0 Å². The summed E-state index contributed by atoms with van der Waals surface area (Å²) in [5, 5.41) is 0.749. The van der Waals surface area contributed by atoms with Crippen LogP contribution in [0, 0.1) is 0 Å². The standard InChI is InChI=1S/C19H33NO4SSi/c1-7-26(8-2,9-3)22-12-15-17-13(11-16(20)25-17)10-14(23-15)18(21)24-19(4,5)6/h11,14-15H,7-10,12,20H2,1-6H3. The molecule has 148 valence electrons. The summed E-state index contributed by atoms with van der Waals surface area (Å²) in [6.45, 7) is 12.7. The highest BCUT2D eigenvalue weighted by Crippen LogP contribution is 2.39. The molecule has 1 aliphatic heterocycles. The molecule has 0 aromatic carbocycles. The quantitative estimate of drug-likeness (QED) is 0.532. The largest absolute Gasteiger partial charge is 0.458 e. The van der Waals surface area contributed by atoms with Gasteiger partial charge in [-0.05, 0) is 50.5 Å². The zero-order valence-electron chi connectivity index (χ0n) is 16.9. The minimum absolute atomic E-state index is 0.255. The fraction of sp³-hybridized carbons (Fsp3) is 0.737. The number of nitrogens with two attached hydrogens (primary N) is 1. The first-order chi connectivity index (χ1) is 12.1. The van der Waals surface area contributed by atoms with Crippen molar-refractivity contribution >= 4 is 30.6 Å². The first-order valence-electron chi connectivity index (χ1n) is 9.53. The van der Waals surface area contributed by atoms with Gasteiger partial charge in [-0.2, -0.15) is 0 Å². The average molecular weight is 400 g/mol. The number of thiophene rings is 1. The molecule has 0 bridgehead atoms. The third kappa shape index (κ3) is 5.09. The van der Waals surface area contributed by atoms with Crippen molar-refractivity contribution < 1.29 is 18.7 Å². The second kappa shape index (κ2) is 8.42. The normalized spacial score (nSPS) is 20.7. The maximum Gasteiger partial charge on any atom is 0.336 e. The molecule has 26 heavy (non-hydrogen) atoms. The molecule has 2 unspecified atom stereocenters. The molecule has 0 saturated carbocycles. The number of carbonyl (C=O) groups is 1. The van der Waals surface area contributed by atoms with Crippen LogP contribution in [0.1, 0.15) is 58.1 Å². The van der Waals surface area contributed by atoms with E-state index in [0.29, 0.717) is 13.0 Å². The number of fused-ring (bicyclic) bond motifs is 1. The van der Waals surface area contributed by atoms with E-state index in [1.807, 2.05) is 26.8 Å². The number of carbonyl (C=O) groups excluding carboxylic acids is 1. The van der Waals surface area contributed by atoms with E-state index in [9.17, 15) is 4.79 Å². The van der Waals surface area contributed by atoms with E-state index >= 15 is 0 Å². The number of hydrogen-bond donors (Lipinski definition) is 1. The Morgan fingerprint density at radius 2 is 1.92 bits per heavy atom. The Labute approximate surface area is 162 Å². The monoisotopic (exact) mass is 399 g/mol. The molecule has 0 radical (unpaired) electrons. The number of nitrogen functional groups attached to an aromatic ring is 1. The molecule has 5 nitrogen and oxygen atoms in total. The van der Waals surface area contributed by atoms with Gasteiger partial charge in [-0.15, -0.1) is 11.3 Å². The summed E-state index contributed by atoms with van der Waals surface area (Å²) < 4.78 is 18.1.